The molecule has 2 aromatic rings. The number of carbonyl (C=O) groups excluding carboxylic acids is 1. The van der Waals surface area contributed by atoms with Gasteiger partial charge in [-0.25, -0.2) is 0 Å². The highest BCUT2D eigenvalue weighted by Crippen LogP contribution is 2.30. The molecule has 0 heterocycles. The van der Waals surface area contributed by atoms with Crippen LogP contribution in [0.15, 0.2) is 54.1 Å². The van der Waals surface area contributed by atoms with Gasteiger partial charge < -0.3 is 14.8 Å². The standard InChI is InChI=1S/C21H20F2N2O3/c1-3-27-19-12-15(9-10-18(19)28-21(22)23)11-17(13-24)20(26)25-14(2)16-7-5-4-6-8-16/h4-12,14,21H,3H2,1-2H3,(H,25,26)/b17-11+/t14-/m0/s1. The van der Waals surface area contributed by atoms with E-state index >= 15 is 0 Å². The molecular formula is C21H20F2N2O3. The number of hydrogen-bond acceptors (Lipinski definition) is 4. The maximum Gasteiger partial charge on any atom is 0.387 e. The van der Waals surface area contributed by atoms with E-state index in [4.69, 9.17) is 4.74 Å². The van der Waals surface area contributed by atoms with Crippen LogP contribution >= 0.6 is 0 Å². The van der Waals surface area contributed by atoms with Crippen molar-refractivity contribution in [2.45, 2.75) is 26.5 Å². The van der Waals surface area contributed by atoms with Gasteiger partial charge >= 0.3 is 6.61 Å². The summed E-state index contributed by atoms with van der Waals surface area (Å²) >= 11 is 0. The van der Waals surface area contributed by atoms with Crippen LogP contribution in [0.4, 0.5) is 8.78 Å². The third-order valence-electron chi connectivity index (χ3n) is 3.81. The van der Waals surface area contributed by atoms with Gasteiger partial charge in [-0.3, -0.25) is 4.79 Å². The molecule has 2 aromatic carbocycles. The van der Waals surface area contributed by atoms with E-state index < -0.39 is 12.5 Å². The molecule has 7 heteroatoms. The molecule has 0 saturated carbocycles. The summed E-state index contributed by atoms with van der Waals surface area (Å²) in [6.45, 7) is 0.771. The van der Waals surface area contributed by atoms with Crippen LogP contribution < -0.4 is 14.8 Å². The molecule has 1 amide bonds. The van der Waals surface area contributed by atoms with Gasteiger partial charge in [0.25, 0.3) is 5.91 Å². The number of nitrogens with zero attached hydrogens (tertiary/aromatic N) is 1. The Hall–Kier alpha value is -3.40. The van der Waals surface area contributed by atoms with Gasteiger partial charge in [-0.05, 0) is 43.2 Å². The third kappa shape index (κ3) is 5.81. The Kier molecular flexibility index (Phi) is 7.52. The second kappa shape index (κ2) is 10.1. The first-order valence-electron chi connectivity index (χ1n) is 8.63. The second-order valence-electron chi connectivity index (χ2n) is 5.79. The van der Waals surface area contributed by atoms with E-state index in [2.05, 4.69) is 10.1 Å². The Morgan fingerprint density at radius 3 is 2.54 bits per heavy atom. The number of nitrogens with one attached hydrogen (secondary N) is 1. The number of alkyl halides is 2. The van der Waals surface area contributed by atoms with Gasteiger partial charge in [-0.1, -0.05) is 36.4 Å². The number of ether oxygens (including phenoxy) is 2. The van der Waals surface area contributed by atoms with Gasteiger partial charge in [0.15, 0.2) is 11.5 Å². The van der Waals surface area contributed by atoms with Gasteiger partial charge in [0, 0.05) is 0 Å². The zero-order valence-corrected chi connectivity index (χ0v) is 15.5. The molecule has 0 aliphatic rings. The molecule has 0 aromatic heterocycles. The SMILES string of the molecule is CCOc1cc(/C=C(\C#N)C(=O)N[C@@H](C)c2ccccc2)ccc1OC(F)F. The average molecular weight is 386 g/mol. The molecular weight excluding hydrogens is 366 g/mol. The molecule has 146 valence electrons. The minimum atomic E-state index is -2.99. The summed E-state index contributed by atoms with van der Waals surface area (Å²) in [7, 11) is 0. The molecule has 0 unspecified atom stereocenters. The summed E-state index contributed by atoms with van der Waals surface area (Å²) in [5, 5.41) is 12.1. The van der Waals surface area contributed by atoms with Gasteiger partial charge in [0.1, 0.15) is 11.6 Å². The topological polar surface area (TPSA) is 71.3 Å². The first kappa shape index (κ1) is 20.9. The van der Waals surface area contributed by atoms with Crippen molar-refractivity contribution in [1.29, 1.82) is 5.26 Å². The smallest absolute Gasteiger partial charge is 0.387 e. The lowest BCUT2D eigenvalue weighted by atomic mass is 10.1. The molecule has 0 aliphatic heterocycles. The quantitative estimate of drug-likeness (QED) is 0.537. The number of halogens is 2. The van der Waals surface area contributed by atoms with Crippen molar-refractivity contribution in [3.63, 3.8) is 0 Å². The van der Waals surface area contributed by atoms with Crippen LogP contribution in [-0.4, -0.2) is 19.1 Å². The zero-order valence-electron chi connectivity index (χ0n) is 15.5. The maximum absolute atomic E-state index is 12.5. The molecule has 1 atom stereocenters. The molecule has 0 spiro atoms. The highest BCUT2D eigenvalue weighted by molar-refractivity contribution is 6.01. The normalized spacial score (nSPS) is 12.2. The number of benzene rings is 2. The van der Waals surface area contributed by atoms with E-state index in [-0.39, 0.29) is 29.7 Å². The van der Waals surface area contributed by atoms with Crippen LogP contribution in [0.5, 0.6) is 11.5 Å². The molecule has 1 N–H and O–H groups in total. The van der Waals surface area contributed by atoms with E-state index in [1.807, 2.05) is 43.3 Å². The highest BCUT2D eigenvalue weighted by Gasteiger charge is 2.15. The average Bonchev–Trinajstić information content (AvgIpc) is 2.68. The van der Waals surface area contributed by atoms with Crippen molar-refractivity contribution in [1.82, 2.24) is 5.32 Å². The molecule has 0 fully saturated rings. The van der Waals surface area contributed by atoms with Crippen molar-refractivity contribution in [2.24, 2.45) is 0 Å². The molecule has 2 rings (SSSR count). The predicted octanol–water partition coefficient (Wildman–Crippen LogP) is 4.47. The maximum atomic E-state index is 12.5. The van der Waals surface area contributed by atoms with Gasteiger partial charge in [0.2, 0.25) is 0 Å². The molecule has 0 aliphatic carbocycles. The Bertz CT molecular complexity index is 877. The lowest BCUT2D eigenvalue weighted by molar-refractivity contribution is -0.117. The third-order valence-corrected chi connectivity index (χ3v) is 3.81. The van der Waals surface area contributed by atoms with Crippen molar-refractivity contribution in [2.75, 3.05) is 6.61 Å². The van der Waals surface area contributed by atoms with E-state index in [0.29, 0.717) is 5.56 Å². The van der Waals surface area contributed by atoms with Crippen LogP contribution in [0.2, 0.25) is 0 Å². The van der Waals surface area contributed by atoms with Crippen LogP contribution in [0.3, 0.4) is 0 Å². The van der Waals surface area contributed by atoms with Crippen LogP contribution in [-0.2, 0) is 4.79 Å². The van der Waals surface area contributed by atoms with Crippen molar-refractivity contribution in [3.05, 3.63) is 65.2 Å². The number of nitriles is 1. The summed E-state index contributed by atoms with van der Waals surface area (Å²) in [4.78, 5) is 12.4. The lowest BCUT2D eigenvalue weighted by Crippen LogP contribution is -2.27. The number of amides is 1. The largest absolute Gasteiger partial charge is 0.490 e. The van der Waals surface area contributed by atoms with Crippen LogP contribution in [0.1, 0.15) is 31.0 Å². The molecule has 5 nitrogen and oxygen atoms in total. The molecule has 0 saturated heterocycles. The first-order valence-corrected chi connectivity index (χ1v) is 8.63. The number of rotatable bonds is 8. The van der Waals surface area contributed by atoms with Crippen LogP contribution in [0, 0.1) is 11.3 Å². The summed E-state index contributed by atoms with van der Waals surface area (Å²) in [5.41, 5.74) is 1.23. The van der Waals surface area contributed by atoms with Crippen molar-refractivity contribution >= 4 is 12.0 Å². The van der Waals surface area contributed by atoms with E-state index in [1.165, 1.54) is 24.3 Å². The zero-order chi connectivity index (χ0) is 20.5. The minimum Gasteiger partial charge on any atom is -0.490 e. The fraction of sp³-hybridized carbons (Fsp3) is 0.238. The summed E-state index contributed by atoms with van der Waals surface area (Å²) in [6.07, 6.45) is 1.36. The monoisotopic (exact) mass is 386 g/mol. The summed E-state index contributed by atoms with van der Waals surface area (Å²) in [6, 6.07) is 15.1. The molecule has 0 radical (unpaired) electrons. The Morgan fingerprint density at radius 2 is 1.93 bits per heavy atom. The second-order valence-corrected chi connectivity index (χ2v) is 5.79. The van der Waals surface area contributed by atoms with Gasteiger partial charge in [0.05, 0.1) is 12.6 Å². The summed E-state index contributed by atoms with van der Waals surface area (Å²) in [5.74, 6) is -0.550. The van der Waals surface area contributed by atoms with E-state index in [0.717, 1.165) is 5.56 Å². The van der Waals surface area contributed by atoms with E-state index in [1.54, 1.807) is 6.92 Å². The predicted molar refractivity (Wildman–Crippen MR) is 101 cm³/mol. The van der Waals surface area contributed by atoms with Gasteiger partial charge in [-0.15, -0.1) is 0 Å². The van der Waals surface area contributed by atoms with E-state index in [9.17, 15) is 18.8 Å². The first-order chi connectivity index (χ1) is 13.4. The Labute approximate surface area is 162 Å². The molecule has 28 heavy (non-hydrogen) atoms. The van der Waals surface area contributed by atoms with Crippen molar-refractivity contribution < 1.29 is 23.0 Å². The Balaban J connectivity index is 2.22. The number of carbonyl (C=O) groups is 1. The highest BCUT2D eigenvalue weighted by atomic mass is 19.3. The summed E-state index contributed by atoms with van der Waals surface area (Å²) < 4.78 is 34.7. The van der Waals surface area contributed by atoms with Crippen molar-refractivity contribution in [3.8, 4) is 17.6 Å². The number of hydrogen-bond donors (Lipinski definition) is 1. The van der Waals surface area contributed by atoms with Crippen LogP contribution in [0.25, 0.3) is 6.08 Å². The molecule has 0 bridgehead atoms. The van der Waals surface area contributed by atoms with Gasteiger partial charge in [-0.2, -0.15) is 14.0 Å². The fourth-order valence-corrected chi connectivity index (χ4v) is 2.49. The Morgan fingerprint density at radius 1 is 1.21 bits per heavy atom. The minimum absolute atomic E-state index is 0.104. The fourth-order valence-electron chi connectivity index (χ4n) is 2.49. The lowest BCUT2D eigenvalue weighted by Gasteiger charge is -2.14.